The number of hydrogen-bond acceptors (Lipinski definition) is 4. The van der Waals surface area contributed by atoms with E-state index in [0.717, 1.165) is 31.5 Å². The van der Waals surface area contributed by atoms with Gasteiger partial charge in [0.2, 0.25) is 0 Å². The van der Waals surface area contributed by atoms with Crippen molar-refractivity contribution in [3.8, 4) is 6.07 Å². The standard InChI is InChI=1S/C27H33N3O2/c28-18-21-12-14-25(15-13-21)30-16-6-9-23(19-30)17-24-10-4-5-11-26(24)29-27(31)32-20-22-7-2-1-3-8-22/h1-3,7-8,12-15,23-24,26H,4-6,9-11,16-17,19-20H2,(H,29,31)/t23-,24+,26-/m1/s1. The first kappa shape index (κ1) is 22.2. The van der Waals surface area contributed by atoms with E-state index in [0.29, 0.717) is 24.0 Å². The fraction of sp³-hybridized carbons (Fsp3) is 0.481. The van der Waals surface area contributed by atoms with E-state index in [4.69, 9.17) is 10.00 Å². The molecule has 0 spiro atoms. The largest absolute Gasteiger partial charge is 0.445 e. The number of carbonyl (C=O) groups is 1. The number of piperidine rings is 1. The summed E-state index contributed by atoms with van der Waals surface area (Å²) in [5.74, 6) is 1.14. The number of ether oxygens (including phenoxy) is 1. The number of rotatable bonds is 6. The molecule has 2 aliphatic rings. The predicted octanol–water partition coefficient (Wildman–Crippen LogP) is 5.65. The fourth-order valence-electron chi connectivity index (χ4n) is 5.26. The van der Waals surface area contributed by atoms with Crippen LogP contribution in [0.15, 0.2) is 54.6 Å². The molecule has 2 fully saturated rings. The van der Waals surface area contributed by atoms with Crippen molar-refractivity contribution in [2.75, 3.05) is 18.0 Å². The molecule has 2 aromatic carbocycles. The second-order valence-electron chi connectivity index (χ2n) is 9.21. The highest BCUT2D eigenvalue weighted by atomic mass is 16.5. The average Bonchev–Trinajstić information content (AvgIpc) is 2.85. The van der Waals surface area contributed by atoms with Gasteiger partial charge < -0.3 is 15.0 Å². The normalized spacial score (nSPS) is 23.2. The van der Waals surface area contributed by atoms with Crippen LogP contribution in [-0.2, 0) is 11.3 Å². The highest BCUT2D eigenvalue weighted by molar-refractivity contribution is 5.67. The van der Waals surface area contributed by atoms with Gasteiger partial charge in [-0.25, -0.2) is 4.79 Å². The molecule has 32 heavy (non-hydrogen) atoms. The van der Waals surface area contributed by atoms with Gasteiger partial charge in [0.15, 0.2) is 0 Å². The predicted molar refractivity (Wildman–Crippen MR) is 126 cm³/mol. The van der Waals surface area contributed by atoms with Gasteiger partial charge in [0.25, 0.3) is 0 Å². The summed E-state index contributed by atoms with van der Waals surface area (Å²) < 4.78 is 5.48. The highest BCUT2D eigenvalue weighted by Gasteiger charge is 2.31. The monoisotopic (exact) mass is 431 g/mol. The molecule has 0 bridgehead atoms. The van der Waals surface area contributed by atoms with Crippen molar-refractivity contribution in [1.82, 2.24) is 5.32 Å². The molecule has 1 aliphatic heterocycles. The Morgan fingerprint density at radius 1 is 1.03 bits per heavy atom. The van der Waals surface area contributed by atoms with Crippen LogP contribution in [0.5, 0.6) is 0 Å². The van der Waals surface area contributed by atoms with Crippen molar-refractivity contribution in [1.29, 1.82) is 5.26 Å². The lowest BCUT2D eigenvalue weighted by molar-refractivity contribution is 0.122. The zero-order valence-electron chi connectivity index (χ0n) is 18.7. The molecule has 5 nitrogen and oxygen atoms in total. The Morgan fingerprint density at radius 3 is 2.59 bits per heavy atom. The van der Waals surface area contributed by atoms with E-state index in [1.807, 2.05) is 42.5 Å². The number of nitrogens with one attached hydrogen (secondary N) is 1. The third-order valence-electron chi connectivity index (χ3n) is 6.94. The van der Waals surface area contributed by atoms with E-state index < -0.39 is 0 Å². The molecule has 2 aromatic rings. The molecule has 1 aliphatic carbocycles. The van der Waals surface area contributed by atoms with Gasteiger partial charge in [0.05, 0.1) is 11.6 Å². The third kappa shape index (κ3) is 6.03. The molecule has 0 aromatic heterocycles. The number of hydrogen-bond donors (Lipinski definition) is 1. The molecule has 1 saturated carbocycles. The van der Waals surface area contributed by atoms with Gasteiger partial charge in [-0.2, -0.15) is 5.26 Å². The minimum atomic E-state index is -0.298. The second kappa shape index (κ2) is 11.0. The molecular formula is C27H33N3O2. The van der Waals surface area contributed by atoms with E-state index in [1.165, 1.54) is 37.8 Å². The number of nitrogens with zero attached hydrogens (tertiary/aromatic N) is 2. The fourth-order valence-corrected chi connectivity index (χ4v) is 5.26. The summed E-state index contributed by atoms with van der Waals surface area (Å²) in [4.78, 5) is 14.9. The van der Waals surface area contributed by atoms with E-state index in [9.17, 15) is 4.79 Å². The number of nitriles is 1. The van der Waals surface area contributed by atoms with Gasteiger partial charge >= 0.3 is 6.09 Å². The van der Waals surface area contributed by atoms with Gasteiger partial charge in [0.1, 0.15) is 6.61 Å². The summed E-state index contributed by atoms with van der Waals surface area (Å²) in [6, 6.07) is 20.2. The van der Waals surface area contributed by atoms with E-state index in [-0.39, 0.29) is 12.1 Å². The maximum absolute atomic E-state index is 12.4. The van der Waals surface area contributed by atoms with Crippen molar-refractivity contribution >= 4 is 11.8 Å². The number of alkyl carbamates (subject to hydrolysis) is 1. The van der Waals surface area contributed by atoms with Crippen molar-refractivity contribution < 1.29 is 9.53 Å². The first-order chi connectivity index (χ1) is 15.7. The van der Waals surface area contributed by atoms with Gasteiger partial charge in [-0.3, -0.25) is 0 Å². The topological polar surface area (TPSA) is 65.4 Å². The molecule has 1 amide bonds. The van der Waals surface area contributed by atoms with Crippen LogP contribution in [0.1, 0.15) is 56.1 Å². The van der Waals surface area contributed by atoms with Crippen LogP contribution in [0, 0.1) is 23.2 Å². The summed E-state index contributed by atoms with van der Waals surface area (Å²) in [7, 11) is 0. The Hall–Kier alpha value is -3.00. The zero-order chi connectivity index (χ0) is 22.2. The molecule has 0 unspecified atom stereocenters. The van der Waals surface area contributed by atoms with Crippen LogP contribution in [0.25, 0.3) is 0 Å². The van der Waals surface area contributed by atoms with Gasteiger partial charge in [-0.15, -0.1) is 0 Å². The van der Waals surface area contributed by atoms with Crippen LogP contribution < -0.4 is 10.2 Å². The summed E-state index contributed by atoms with van der Waals surface area (Å²) in [6.07, 6.45) is 7.91. The molecule has 168 valence electrons. The number of anilines is 1. The number of amides is 1. The Morgan fingerprint density at radius 2 is 1.81 bits per heavy atom. The van der Waals surface area contributed by atoms with Crippen molar-refractivity contribution in [3.63, 3.8) is 0 Å². The molecule has 1 saturated heterocycles. The number of carbonyl (C=O) groups excluding carboxylic acids is 1. The second-order valence-corrected chi connectivity index (χ2v) is 9.21. The maximum atomic E-state index is 12.4. The Bertz CT molecular complexity index is 907. The maximum Gasteiger partial charge on any atom is 0.407 e. The quantitative estimate of drug-likeness (QED) is 0.642. The van der Waals surface area contributed by atoms with E-state index in [2.05, 4.69) is 28.4 Å². The Labute approximate surface area is 191 Å². The average molecular weight is 432 g/mol. The minimum Gasteiger partial charge on any atom is -0.445 e. The lowest BCUT2D eigenvalue weighted by Gasteiger charge is -2.39. The molecule has 4 rings (SSSR count). The molecule has 1 N–H and O–H groups in total. The summed E-state index contributed by atoms with van der Waals surface area (Å²) in [5.41, 5.74) is 2.92. The van der Waals surface area contributed by atoms with Gasteiger partial charge in [0, 0.05) is 24.8 Å². The minimum absolute atomic E-state index is 0.206. The summed E-state index contributed by atoms with van der Waals surface area (Å²) >= 11 is 0. The lowest BCUT2D eigenvalue weighted by Crippen LogP contribution is -2.44. The molecule has 3 atom stereocenters. The van der Waals surface area contributed by atoms with Crippen LogP contribution in [0.3, 0.4) is 0 Å². The van der Waals surface area contributed by atoms with Crippen molar-refractivity contribution in [3.05, 3.63) is 65.7 Å². The molecule has 5 heteroatoms. The Kier molecular flexibility index (Phi) is 7.66. The van der Waals surface area contributed by atoms with Crippen LogP contribution in [0.4, 0.5) is 10.5 Å². The van der Waals surface area contributed by atoms with Gasteiger partial charge in [-0.1, -0.05) is 43.2 Å². The van der Waals surface area contributed by atoms with E-state index in [1.54, 1.807) is 0 Å². The van der Waals surface area contributed by atoms with Gasteiger partial charge in [-0.05, 0) is 73.8 Å². The first-order valence-electron chi connectivity index (χ1n) is 11.9. The van der Waals surface area contributed by atoms with Crippen LogP contribution in [-0.4, -0.2) is 25.2 Å². The van der Waals surface area contributed by atoms with Crippen molar-refractivity contribution in [2.24, 2.45) is 11.8 Å². The number of benzene rings is 2. The molecule has 1 heterocycles. The smallest absolute Gasteiger partial charge is 0.407 e. The van der Waals surface area contributed by atoms with Crippen molar-refractivity contribution in [2.45, 2.75) is 57.6 Å². The Balaban J connectivity index is 1.30. The van der Waals surface area contributed by atoms with Crippen LogP contribution >= 0.6 is 0 Å². The zero-order valence-corrected chi connectivity index (χ0v) is 18.7. The highest BCUT2D eigenvalue weighted by Crippen LogP contribution is 2.34. The molecule has 0 radical (unpaired) electrons. The third-order valence-corrected chi connectivity index (χ3v) is 6.94. The molecular weight excluding hydrogens is 398 g/mol. The summed E-state index contributed by atoms with van der Waals surface area (Å²) in [5, 5.41) is 12.2. The first-order valence-corrected chi connectivity index (χ1v) is 11.9. The lowest BCUT2D eigenvalue weighted by atomic mass is 9.77. The van der Waals surface area contributed by atoms with Crippen LogP contribution in [0.2, 0.25) is 0 Å². The van der Waals surface area contributed by atoms with E-state index >= 15 is 0 Å². The SMILES string of the molecule is N#Cc1ccc(N2CCC[C@H](C[C@@H]3CCCC[C@H]3NC(=O)OCc3ccccc3)C2)cc1. The summed E-state index contributed by atoms with van der Waals surface area (Å²) in [6.45, 7) is 2.43.